The van der Waals surface area contributed by atoms with Gasteiger partial charge >= 0.3 is 11.9 Å². The Kier molecular flexibility index (Phi) is 5.29. The Bertz CT molecular complexity index is 444. The van der Waals surface area contributed by atoms with E-state index in [2.05, 4.69) is 10.2 Å². The number of hydrogen-bond acceptors (Lipinski definition) is 5. The van der Waals surface area contributed by atoms with Gasteiger partial charge in [0, 0.05) is 0 Å². The van der Waals surface area contributed by atoms with Gasteiger partial charge in [-0.15, -0.1) is 0 Å². The van der Waals surface area contributed by atoms with Crippen molar-refractivity contribution in [3.8, 4) is 0 Å². The van der Waals surface area contributed by atoms with Crippen LogP contribution in [0.5, 0.6) is 0 Å². The van der Waals surface area contributed by atoms with E-state index < -0.39 is 11.9 Å². The number of esters is 1. The van der Waals surface area contributed by atoms with Crippen molar-refractivity contribution in [2.24, 2.45) is 0 Å². The lowest BCUT2D eigenvalue weighted by Crippen LogP contribution is -2.22. The molecular weight excluding hydrogens is 238 g/mol. The Balaban J connectivity index is 2.63. The van der Waals surface area contributed by atoms with E-state index in [9.17, 15) is 9.59 Å². The zero-order valence-electron chi connectivity index (χ0n) is 10.2. The van der Waals surface area contributed by atoms with E-state index in [1.165, 1.54) is 7.11 Å². The number of carbonyl (C=O) groups is 2. The summed E-state index contributed by atoms with van der Waals surface area (Å²) in [5, 5.41) is 8.40. The largest absolute Gasteiger partial charge is 0.480 e. The Morgan fingerprint density at radius 2 is 2.06 bits per heavy atom. The van der Waals surface area contributed by atoms with E-state index in [-0.39, 0.29) is 13.2 Å². The lowest BCUT2D eigenvalue weighted by molar-refractivity contribution is -0.139. The number of methoxy groups -OCH3 is 1. The van der Waals surface area contributed by atoms with Crippen molar-refractivity contribution in [1.29, 1.82) is 0 Å². The molecule has 0 saturated heterocycles. The molecule has 0 amide bonds. The SMILES string of the molecule is COC(=O)c1cc(C)cc(CONCC(=O)O)c1. The number of carboxylic acids is 1. The third-order valence-electron chi connectivity index (χ3n) is 2.12. The number of hydroxylamine groups is 1. The van der Waals surface area contributed by atoms with Crippen molar-refractivity contribution in [2.75, 3.05) is 13.7 Å². The Morgan fingerprint density at radius 1 is 1.33 bits per heavy atom. The van der Waals surface area contributed by atoms with Crippen LogP contribution in [-0.4, -0.2) is 30.7 Å². The van der Waals surface area contributed by atoms with Crippen LogP contribution in [0.15, 0.2) is 18.2 Å². The molecule has 0 heterocycles. The van der Waals surface area contributed by atoms with Gasteiger partial charge in [-0.1, -0.05) is 6.07 Å². The molecule has 0 aromatic heterocycles. The number of aliphatic carboxylic acids is 1. The van der Waals surface area contributed by atoms with E-state index in [0.717, 1.165) is 11.1 Å². The van der Waals surface area contributed by atoms with Gasteiger partial charge in [0.25, 0.3) is 0 Å². The highest BCUT2D eigenvalue weighted by Gasteiger charge is 2.07. The topological polar surface area (TPSA) is 84.9 Å². The van der Waals surface area contributed by atoms with E-state index >= 15 is 0 Å². The fraction of sp³-hybridized carbons (Fsp3) is 0.333. The Hall–Kier alpha value is -1.92. The standard InChI is InChI=1S/C12H15NO5/c1-8-3-9(7-18-13-6-11(14)15)5-10(4-8)12(16)17-2/h3-5,13H,6-7H2,1-2H3,(H,14,15). The van der Waals surface area contributed by atoms with E-state index in [0.29, 0.717) is 5.56 Å². The summed E-state index contributed by atoms with van der Waals surface area (Å²) < 4.78 is 4.63. The van der Waals surface area contributed by atoms with Crippen LogP contribution >= 0.6 is 0 Å². The van der Waals surface area contributed by atoms with Crippen molar-refractivity contribution in [3.63, 3.8) is 0 Å². The fourth-order valence-corrected chi connectivity index (χ4v) is 1.43. The summed E-state index contributed by atoms with van der Waals surface area (Å²) in [6.45, 7) is 1.73. The van der Waals surface area contributed by atoms with Gasteiger partial charge in [0.05, 0.1) is 19.3 Å². The molecule has 0 atom stereocenters. The molecule has 0 fully saturated rings. The molecule has 0 saturated carbocycles. The molecule has 0 unspecified atom stereocenters. The average molecular weight is 253 g/mol. The summed E-state index contributed by atoms with van der Waals surface area (Å²) in [4.78, 5) is 26.6. The number of benzene rings is 1. The highest BCUT2D eigenvalue weighted by Crippen LogP contribution is 2.11. The van der Waals surface area contributed by atoms with Gasteiger partial charge in [0.1, 0.15) is 6.54 Å². The Morgan fingerprint density at radius 3 is 2.67 bits per heavy atom. The molecule has 0 spiro atoms. The van der Waals surface area contributed by atoms with Crippen LogP contribution in [0.4, 0.5) is 0 Å². The lowest BCUT2D eigenvalue weighted by Gasteiger charge is -2.07. The highest BCUT2D eigenvalue weighted by atomic mass is 16.6. The van der Waals surface area contributed by atoms with E-state index in [1.807, 2.05) is 13.0 Å². The first-order chi connectivity index (χ1) is 8.52. The summed E-state index contributed by atoms with van der Waals surface area (Å²) in [5.74, 6) is -1.42. The molecule has 0 radical (unpaired) electrons. The minimum absolute atomic E-state index is 0.166. The van der Waals surface area contributed by atoms with Crippen LogP contribution < -0.4 is 5.48 Å². The third kappa shape index (κ3) is 4.52. The molecule has 1 aromatic carbocycles. The van der Waals surface area contributed by atoms with Gasteiger partial charge in [0.2, 0.25) is 0 Å². The molecule has 0 aliphatic heterocycles. The van der Waals surface area contributed by atoms with E-state index in [1.54, 1.807) is 12.1 Å². The van der Waals surface area contributed by atoms with Crippen LogP contribution in [0.3, 0.4) is 0 Å². The second-order valence-electron chi connectivity index (χ2n) is 3.70. The van der Waals surface area contributed by atoms with Crippen molar-refractivity contribution in [1.82, 2.24) is 5.48 Å². The molecule has 98 valence electrons. The van der Waals surface area contributed by atoms with Gasteiger partial charge in [-0.2, -0.15) is 5.48 Å². The second kappa shape index (κ2) is 6.73. The third-order valence-corrected chi connectivity index (χ3v) is 2.12. The molecule has 6 heteroatoms. The summed E-state index contributed by atoms with van der Waals surface area (Å²) in [5.41, 5.74) is 4.39. The maximum Gasteiger partial charge on any atom is 0.337 e. The molecule has 18 heavy (non-hydrogen) atoms. The first-order valence-corrected chi connectivity index (χ1v) is 5.28. The molecule has 1 rings (SSSR count). The normalized spacial score (nSPS) is 10.1. The van der Waals surface area contributed by atoms with Gasteiger partial charge in [-0.3, -0.25) is 9.63 Å². The minimum Gasteiger partial charge on any atom is -0.480 e. The van der Waals surface area contributed by atoms with Crippen LogP contribution in [-0.2, 0) is 21.0 Å². The summed E-state index contributed by atoms with van der Waals surface area (Å²) in [6.07, 6.45) is 0. The number of hydrogen-bond donors (Lipinski definition) is 2. The number of ether oxygens (including phenoxy) is 1. The van der Waals surface area contributed by atoms with Crippen LogP contribution in [0, 0.1) is 6.92 Å². The van der Waals surface area contributed by atoms with Crippen molar-refractivity contribution in [3.05, 3.63) is 34.9 Å². The quantitative estimate of drug-likeness (QED) is 0.445. The van der Waals surface area contributed by atoms with Crippen LogP contribution in [0.1, 0.15) is 21.5 Å². The molecule has 2 N–H and O–H groups in total. The Labute approximate surface area is 104 Å². The molecule has 6 nitrogen and oxygen atoms in total. The van der Waals surface area contributed by atoms with Gasteiger partial charge in [0.15, 0.2) is 0 Å². The predicted molar refractivity (Wildman–Crippen MR) is 62.9 cm³/mol. The molecule has 0 bridgehead atoms. The maximum absolute atomic E-state index is 11.4. The molecule has 0 aliphatic rings. The minimum atomic E-state index is -1.01. The van der Waals surface area contributed by atoms with Gasteiger partial charge < -0.3 is 9.84 Å². The molecule has 0 aliphatic carbocycles. The smallest absolute Gasteiger partial charge is 0.337 e. The fourth-order valence-electron chi connectivity index (χ4n) is 1.43. The predicted octanol–water partition coefficient (Wildman–Crippen LogP) is 0.887. The second-order valence-corrected chi connectivity index (χ2v) is 3.70. The number of rotatable bonds is 6. The summed E-state index contributed by atoms with van der Waals surface area (Å²) >= 11 is 0. The molecule has 1 aromatic rings. The van der Waals surface area contributed by atoms with Crippen molar-refractivity contribution >= 4 is 11.9 Å². The number of aryl methyl sites for hydroxylation is 1. The van der Waals surface area contributed by atoms with Crippen molar-refractivity contribution in [2.45, 2.75) is 13.5 Å². The number of nitrogens with one attached hydrogen (secondary N) is 1. The summed E-state index contributed by atoms with van der Waals surface area (Å²) in [6, 6.07) is 5.19. The zero-order chi connectivity index (χ0) is 13.5. The van der Waals surface area contributed by atoms with Gasteiger partial charge in [-0.05, 0) is 30.2 Å². The summed E-state index contributed by atoms with van der Waals surface area (Å²) in [7, 11) is 1.31. The number of carbonyl (C=O) groups excluding carboxylic acids is 1. The lowest BCUT2D eigenvalue weighted by atomic mass is 10.1. The van der Waals surface area contributed by atoms with Crippen LogP contribution in [0.25, 0.3) is 0 Å². The molecular formula is C12H15NO5. The maximum atomic E-state index is 11.4. The zero-order valence-corrected chi connectivity index (χ0v) is 10.2. The average Bonchev–Trinajstić information content (AvgIpc) is 2.32. The van der Waals surface area contributed by atoms with Crippen molar-refractivity contribution < 1.29 is 24.3 Å². The van der Waals surface area contributed by atoms with Crippen LogP contribution in [0.2, 0.25) is 0 Å². The number of carboxylic acid groups (broad SMARTS) is 1. The first kappa shape index (κ1) is 14.1. The van der Waals surface area contributed by atoms with Gasteiger partial charge in [-0.25, -0.2) is 4.79 Å². The monoisotopic (exact) mass is 253 g/mol. The first-order valence-electron chi connectivity index (χ1n) is 5.28. The highest BCUT2D eigenvalue weighted by molar-refractivity contribution is 5.89. The van der Waals surface area contributed by atoms with E-state index in [4.69, 9.17) is 9.94 Å².